The molecule has 4 heteroatoms. The largest absolute Gasteiger partial charge is 0.464 e. The molecule has 0 amide bonds. The number of esters is 1. The second-order valence-electron chi connectivity index (χ2n) is 9.16. The first-order valence-corrected chi connectivity index (χ1v) is 11.9. The first kappa shape index (κ1) is 21.7. The molecule has 0 aliphatic heterocycles. The molecule has 144 valence electrons. The topological polar surface area (TPSA) is 26.3 Å². The Morgan fingerprint density at radius 2 is 2.08 bits per heavy atom. The Balaban J connectivity index is 2.17. The van der Waals surface area contributed by atoms with Gasteiger partial charge in [-0.15, -0.1) is 0 Å². The number of alkyl halides is 2. The predicted octanol–water partition coefficient (Wildman–Crippen LogP) is 6.84. The van der Waals surface area contributed by atoms with Crippen molar-refractivity contribution in [3.8, 4) is 0 Å². The maximum absolute atomic E-state index is 11.6. The van der Waals surface area contributed by atoms with Crippen molar-refractivity contribution in [2.45, 2.75) is 82.5 Å². The molecule has 0 aromatic carbocycles. The van der Waals surface area contributed by atoms with Crippen molar-refractivity contribution < 1.29 is 9.53 Å². The van der Waals surface area contributed by atoms with Crippen LogP contribution in [0.1, 0.15) is 79.1 Å². The van der Waals surface area contributed by atoms with E-state index in [9.17, 15) is 4.79 Å². The van der Waals surface area contributed by atoms with Crippen LogP contribution in [0, 0.1) is 16.7 Å². The van der Waals surface area contributed by atoms with Gasteiger partial charge in [0, 0.05) is 8.84 Å². The highest BCUT2D eigenvalue weighted by atomic mass is 127. The van der Waals surface area contributed by atoms with E-state index >= 15 is 0 Å². The third kappa shape index (κ3) is 5.70. The molecule has 0 heterocycles. The molecule has 0 aromatic rings. The molecule has 2 aliphatic rings. The van der Waals surface area contributed by atoms with Crippen LogP contribution >= 0.6 is 38.5 Å². The summed E-state index contributed by atoms with van der Waals surface area (Å²) in [7, 11) is 0. The van der Waals surface area contributed by atoms with E-state index in [1.807, 2.05) is 0 Å². The van der Waals surface area contributed by atoms with Gasteiger partial charge in [-0.25, -0.2) is 0 Å². The minimum atomic E-state index is -0.144. The van der Waals surface area contributed by atoms with Crippen LogP contribution in [0.3, 0.4) is 0 Å². The summed E-state index contributed by atoms with van der Waals surface area (Å²) in [4.78, 5) is 11.6. The third-order valence-electron chi connectivity index (χ3n) is 6.21. The van der Waals surface area contributed by atoms with Gasteiger partial charge in [0.1, 0.15) is 5.33 Å². The zero-order chi connectivity index (χ0) is 18.7. The van der Waals surface area contributed by atoms with Crippen molar-refractivity contribution in [3.05, 3.63) is 11.6 Å². The van der Waals surface area contributed by atoms with E-state index in [0.717, 1.165) is 18.8 Å². The molecule has 25 heavy (non-hydrogen) atoms. The summed E-state index contributed by atoms with van der Waals surface area (Å²) < 4.78 is 5.92. The first-order valence-electron chi connectivity index (χ1n) is 9.74. The van der Waals surface area contributed by atoms with Gasteiger partial charge in [0.25, 0.3) is 0 Å². The molecule has 1 unspecified atom stereocenters. The summed E-state index contributed by atoms with van der Waals surface area (Å²) in [5.41, 5.74) is 2.08. The van der Waals surface area contributed by atoms with Crippen molar-refractivity contribution in [1.29, 1.82) is 0 Å². The Bertz CT molecular complexity index is 516. The van der Waals surface area contributed by atoms with E-state index in [1.54, 1.807) is 5.57 Å². The number of carbonyl (C=O) groups excluding carboxylic acids is 1. The van der Waals surface area contributed by atoms with E-state index < -0.39 is 0 Å². The van der Waals surface area contributed by atoms with Gasteiger partial charge in [-0.2, -0.15) is 0 Å². The number of allylic oxidation sites excluding steroid dienone is 2. The molecule has 0 spiro atoms. The van der Waals surface area contributed by atoms with Crippen molar-refractivity contribution >= 4 is 44.5 Å². The van der Waals surface area contributed by atoms with Crippen molar-refractivity contribution in [3.63, 3.8) is 0 Å². The Morgan fingerprint density at radius 1 is 1.36 bits per heavy atom. The van der Waals surface area contributed by atoms with E-state index in [0.29, 0.717) is 10.0 Å². The highest BCUT2D eigenvalue weighted by Crippen LogP contribution is 2.55. The molecule has 2 aliphatic carbocycles. The van der Waals surface area contributed by atoms with E-state index in [4.69, 9.17) is 4.74 Å². The van der Waals surface area contributed by atoms with Crippen LogP contribution in [0.4, 0.5) is 0 Å². The summed E-state index contributed by atoms with van der Waals surface area (Å²) >= 11 is 5.85. The molecule has 0 aromatic heterocycles. The number of hydrogen-bond acceptors (Lipinski definition) is 2. The number of rotatable bonds is 6. The monoisotopic (exact) mass is 524 g/mol. The fraction of sp³-hybridized carbons (Fsp3) is 0.857. The summed E-state index contributed by atoms with van der Waals surface area (Å²) in [6, 6.07) is 0. The summed E-state index contributed by atoms with van der Waals surface area (Å²) in [5.74, 6) is 0.577. The zero-order valence-corrected chi connectivity index (χ0v) is 20.0. The van der Waals surface area contributed by atoms with Crippen LogP contribution in [-0.2, 0) is 9.53 Å². The predicted molar refractivity (Wildman–Crippen MR) is 118 cm³/mol. The lowest BCUT2D eigenvalue weighted by Crippen LogP contribution is -2.41. The van der Waals surface area contributed by atoms with Gasteiger partial charge < -0.3 is 4.74 Å². The van der Waals surface area contributed by atoms with Crippen molar-refractivity contribution in [1.82, 2.24) is 0 Å². The molecule has 0 radical (unpaired) electrons. The Morgan fingerprint density at radius 3 is 2.72 bits per heavy atom. The fourth-order valence-electron chi connectivity index (χ4n) is 5.23. The number of hydrogen-bond donors (Lipinski definition) is 0. The van der Waals surface area contributed by atoms with Gasteiger partial charge in [0.15, 0.2) is 0 Å². The van der Waals surface area contributed by atoms with Crippen molar-refractivity contribution in [2.24, 2.45) is 16.7 Å². The second-order valence-corrected chi connectivity index (χ2v) is 12.3. The molecule has 0 bridgehead atoms. The van der Waals surface area contributed by atoms with Crippen LogP contribution < -0.4 is 0 Å². The normalized spacial score (nSPS) is 39.0. The van der Waals surface area contributed by atoms with Gasteiger partial charge in [-0.1, -0.05) is 90.7 Å². The minimum Gasteiger partial charge on any atom is -0.464 e. The number of ether oxygens (including phenoxy) is 1. The maximum Gasteiger partial charge on any atom is 0.316 e. The van der Waals surface area contributed by atoms with Crippen LogP contribution in [-0.4, -0.2) is 21.3 Å². The molecule has 4 atom stereocenters. The summed E-state index contributed by atoms with van der Waals surface area (Å²) in [6.07, 6.45) is 12.4. The van der Waals surface area contributed by atoms with E-state index in [1.165, 1.54) is 38.5 Å². The maximum atomic E-state index is 11.6. The highest BCUT2D eigenvalue weighted by Gasteiger charge is 2.45. The van der Waals surface area contributed by atoms with E-state index in [-0.39, 0.29) is 22.1 Å². The minimum absolute atomic E-state index is 0.105. The van der Waals surface area contributed by atoms with Crippen LogP contribution in [0.15, 0.2) is 11.6 Å². The van der Waals surface area contributed by atoms with Gasteiger partial charge in [0.2, 0.25) is 0 Å². The zero-order valence-electron chi connectivity index (χ0n) is 16.3. The SMILES string of the molecule is CCCC1C[C@@](C)(I)CC=C1[C@]1(C)CCC[C@@](C)(COC(=O)CBr)C1. The molecular weight excluding hydrogens is 491 g/mol. The van der Waals surface area contributed by atoms with Crippen LogP contribution in [0.5, 0.6) is 0 Å². The molecular formula is C21H34BrIO2. The average molecular weight is 525 g/mol. The standard InChI is InChI=1S/C21H34BrIO2/c1-5-7-16-12-21(4,23)11-8-17(16)20(3)10-6-9-19(2,14-20)15-25-18(24)13-22/h8,16H,5-7,9-15H2,1-4H3/t16?,19-,20-,21+/m1/s1. The smallest absolute Gasteiger partial charge is 0.316 e. The quantitative estimate of drug-likeness (QED) is 0.164. The summed E-state index contributed by atoms with van der Waals surface area (Å²) in [6.45, 7) is 10.1. The van der Waals surface area contributed by atoms with Gasteiger partial charge in [-0.05, 0) is 49.9 Å². The Hall–Kier alpha value is 0.420. The van der Waals surface area contributed by atoms with Crippen molar-refractivity contribution in [2.75, 3.05) is 11.9 Å². The third-order valence-corrected chi connectivity index (χ3v) is 7.55. The lowest BCUT2D eigenvalue weighted by Gasteiger charge is -2.49. The fourth-order valence-corrected chi connectivity index (χ4v) is 6.14. The summed E-state index contributed by atoms with van der Waals surface area (Å²) in [5, 5.41) is 0.290. The molecule has 0 N–H and O–H groups in total. The van der Waals surface area contributed by atoms with Crippen LogP contribution in [0.2, 0.25) is 0 Å². The molecule has 2 nitrogen and oxygen atoms in total. The Kier molecular flexibility index (Phi) is 7.49. The number of carbonyl (C=O) groups is 1. The molecule has 0 saturated heterocycles. The highest BCUT2D eigenvalue weighted by molar-refractivity contribution is 14.1. The van der Waals surface area contributed by atoms with Gasteiger partial charge in [0.05, 0.1) is 6.61 Å². The second kappa shape index (κ2) is 8.62. The average Bonchev–Trinajstić information content (AvgIpc) is 2.52. The number of halogens is 2. The van der Waals surface area contributed by atoms with Gasteiger partial charge >= 0.3 is 5.97 Å². The lowest BCUT2D eigenvalue weighted by atomic mass is 9.57. The lowest BCUT2D eigenvalue weighted by molar-refractivity contribution is -0.145. The molecule has 1 saturated carbocycles. The van der Waals surface area contributed by atoms with Gasteiger partial charge in [-0.3, -0.25) is 4.79 Å². The Labute approximate surface area is 176 Å². The molecule has 1 fully saturated rings. The first-order chi connectivity index (χ1) is 11.6. The van der Waals surface area contributed by atoms with Crippen LogP contribution in [0.25, 0.3) is 0 Å². The molecule has 2 rings (SSSR count). The van der Waals surface area contributed by atoms with E-state index in [2.05, 4.69) is 72.3 Å².